The normalized spacial score (nSPS) is 16.2. The van der Waals surface area contributed by atoms with E-state index in [1.165, 1.54) is 37.1 Å². The molecular formula is C29H30ClN3O. The Morgan fingerprint density at radius 2 is 1.79 bits per heavy atom. The fraction of sp³-hybridized carbons (Fsp3) is 0.310. The molecule has 5 rings (SSSR count). The predicted octanol–water partition coefficient (Wildman–Crippen LogP) is 6.49. The van der Waals surface area contributed by atoms with Gasteiger partial charge in [-0.3, -0.25) is 9.78 Å². The summed E-state index contributed by atoms with van der Waals surface area (Å²) in [6.07, 6.45) is 11.9. The van der Waals surface area contributed by atoms with Gasteiger partial charge in [-0.15, -0.1) is 0 Å². The lowest BCUT2D eigenvalue weighted by atomic mass is 9.98. The molecule has 0 radical (unpaired) electrons. The Bertz CT molecular complexity index is 1160. The van der Waals surface area contributed by atoms with E-state index >= 15 is 0 Å². The summed E-state index contributed by atoms with van der Waals surface area (Å²) < 4.78 is 0. The van der Waals surface area contributed by atoms with Crippen LogP contribution in [0.3, 0.4) is 0 Å². The van der Waals surface area contributed by atoms with Gasteiger partial charge in [0, 0.05) is 35.6 Å². The Morgan fingerprint density at radius 1 is 0.971 bits per heavy atom. The molecule has 0 atom stereocenters. The highest BCUT2D eigenvalue weighted by molar-refractivity contribution is 6.30. The average molecular weight is 472 g/mol. The van der Waals surface area contributed by atoms with Crippen molar-refractivity contribution in [2.45, 2.75) is 32.1 Å². The van der Waals surface area contributed by atoms with Gasteiger partial charge < -0.3 is 9.80 Å². The zero-order valence-electron chi connectivity index (χ0n) is 19.4. The van der Waals surface area contributed by atoms with Gasteiger partial charge in [-0.2, -0.15) is 0 Å². The fourth-order valence-corrected chi connectivity index (χ4v) is 5.01. The fourth-order valence-electron chi connectivity index (χ4n) is 4.88. The van der Waals surface area contributed by atoms with Crippen molar-refractivity contribution in [3.05, 3.63) is 88.6 Å². The lowest BCUT2D eigenvalue weighted by molar-refractivity contribution is 0.0985. The molecule has 2 aromatic carbocycles. The van der Waals surface area contributed by atoms with Crippen molar-refractivity contribution in [1.29, 1.82) is 0 Å². The molecule has 0 aliphatic carbocycles. The first-order valence-corrected chi connectivity index (χ1v) is 12.6. The van der Waals surface area contributed by atoms with E-state index in [2.05, 4.69) is 40.2 Å². The number of likely N-dealkylation sites (tertiary alicyclic amines) is 1. The minimum atomic E-state index is 0.00464. The highest BCUT2D eigenvalue weighted by atomic mass is 35.5. The number of nitrogens with zero attached hydrogens (tertiary/aromatic N) is 3. The number of pyridine rings is 1. The molecule has 2 aliphatic heterocycles. The molecule has 0 N–H and O–H groups in total. The third-order valence-electron chi connectivity index (χ3n) is 6.74. The summed E-state index contributed by atoms with van der Waals surface area (Å²) in [5, 5.41) is 0.694. The van der Waals surface area contributed by atoms with Gasteiger partial charge in [0.05, 0.1) is 11.3 Å². The number of hydrogen-bond acceptors (Lipinski definition) is 3. The number of halogens is 1. The van der Waals surface area contributed by atoms with Gasteiger partial charge in [-0.1, -0.05) is 42.0 Å². The van der Waals surface area contributed by atoms with E-state index < -0.39 is 0 Å². The number of carbonyl (C=O) groups excluding carboxylic acids is 1. The number of hydrogen-bond donors (Lipinski definition) is 0. The van der Waals surface area contributed by atoms with Crippen molar-refractivity contribution in [2.24, 2.45) is 0 Å². The standard InChI is InChI=1S/C29H30ClN3O/c30-26-12-9-23(10-13-26)27-14-11-25(21-31-27)29(34)33-19-5-7-24-20-22(8-15-28(24)33)6-1-2-16-32-17-3-4-18-32/h1,6,8-15,20-21H,2-5,7,16-19H2. The summed E-state index contributed by atoms with van der Waals surface area (Å²) in [5.41, 5.74) is 5.89. The Balaban J connectivity index is 1.27. The summed E-state index contributed by atoms with van der Waals surface area (Å²) in [4.78, 5) is 22.3. The van der Waals surface area contributed by atoms with Crippen LogP contribution in [-0.2, 0) is 6.42 Å². The monoisotopic (exact) mass is 471 g/mol. The molecule has 0 bridgehead atoms. The average Bonchev–Trinajstić information content (AvgIpc) is 3.40. The minimum Gasteiger partial charge on any atom is -0.308 e. The number of rotatable bonds is 6. The topological polar surface area (TPSA) is 36.4 Å². The van der Waals surface area contributed by atoms with Crippen molar-refractivity contribution in [3.63, 3.8) is 0 Å². The number of amides is 1. The van der Waals surface area contributed by atoms with E-state index in [0.717, 1.165) is 49.3 Å². The van der Waals surface area contributed by atoms with Crippen molar-refractivity contribution >= 4 is 29.3 Å². The summed E-state index contributed by atoms with van der Waals surface area (Å²) >= 11 is 5.98. The molecule has 1 amide bonds. The van der Waals surface area contributed by atoms with Crippen LogP contribution in [0.5, 0.6) is 0 Å². The zero-order valence-corrected chi connectivity index (χ0v) is 20.2. The molecule has 0 spiro atoms. The number of benzene rings is 2. The van der Waals surface area contributed by atoms with Gasteiger partial charge in [0.25, 0.3) is 5.91 Å². The summed E-state index contributed by atoms with van der Waals surface area (Å²) in [6, 6.07) is 17.8. The molecule has 3 heterocycles. The summed E-state index contributed by atoms with van der Waals surface area (Å²) in [6.45, 7) is 4.37. The molecule has 2 aliphatic rings. The van der Waals surface area contributed by atoms with Crippen molar-refractivity contribution in [2.75, 3.05) is 31.1 Å². The van der Waals surface area contributed by atoms with Gasteiger partial charge >= 0.3 is 0 Å². The third kappa shape index (κ3) is 5.24. The molecule has 174 valence electrons. The Hall–Kier alpha value is -2.95. The molecule has 1 saturated heterocycles. The molecule has 34 heavy (non-hydrogen) atoms. The van der Waals surface area contributed by atoms with Crippen LogP contribution in [0, 0.1) is 0 Å². The maximum atomic E-state index is 13.3. The van der Waals surface area contributed by atoms with E-state index in [4.69, 9.17) is 11.6 Å². The first kappa shape index (κ1) is 22.8. The lowest BCUT2D eigenvalue weighted by Gasteiger charge is -2.30. The molecule has 0 saturated carbocycles. The number of anilines is 1. The quantitative estimate of drug-likeness (QED) is 0.412. The zero-order chi connectivity index (χ0) is 23.3. The van der Waals surface area contributed by atoms with Gasteiger partial charge in [0.15, 0.2) is 0 Å². The van der Waals surface area contributed by atoms with Crippen molar-refractivity contribution < 1.29 is 4.79 Å². The Morgan fingerprint density at radius 3 is 2.56 bits per heavy atom. The SMILES string of the molecule is O=C(c1ccc(-c2ccc(Cl)cc2)nc1)N1CCCc2cc(C=CCCN3CCCC3)ccc21. The second-order valence-electron chi connectivity index (χ2n) is 9.13. The van der Waals surface area contributed by atoms with Gasteiger partial charge in [-0.05, 0) is 92.7 Å². The number of fused-ring (bicyclic) bond motifs is 1. The number of carbonyl (C=O) groups is 1. The maximum absolute atomic E-state index is 13.3. The second kappa shape index (κ2) is 10.5. The van der Waals surface area contributed by atoms with E-state index in [1.54, 1.807) is 6.20 Å². The van der Waals surface area contributed by atoms with Crippen LogP contribution in [-0.4, -0.2) is 42.0 Å². The highest BCUT2D eigenvalue weighted by Gasteiger charge is 2.24. The molecule has 0 unspecified atom stereocenters. The smallest absolute Gasteiger partial charge is 0.259 e. The molecular weight excluding hydrogens is 442 g/mol. The summed E-state index contributed by atoms with van der Waals surface area (Å²) in [5.74, 6) is 0.00464. The van der Waals surface area contributed by atoms with E-state index in [-0.39, 0.29) is 5.91 Å². The van der Waals surface area contributed by atoms with Crippen LogP contribution in [0.1, 0.15) is 47.2 Å². The van der Waals surface area contributed by atoms with Crippen LogP contribution in [0.2, 0.25) is 5.02 Å². The molecule has 1 aromatic heterocycles. The van der Waals surface area contributed by atoms with Crippen LogP contribution >= 0.6 is 11.6 Å². The number of aryl methyl sites for hydroxylation is 1. The maximum Gasteiger partial charge on any atom is 0.259 e. The minimum absolute atomic E-state index is 0.00464. The van der Waals surface area contributed by atoms with Crippen molar-refractivity contribution in [1.82, 2.24) is 9.88 Å². The van der Waals surface area contributed by atoms with Gasteiger partial charge in [0.2, 0.25) is 0 Å². The van der Waals surface area contributed by atoms with Crippen LogP contribution < -0.4 is 4.90 Å². The molecule has 5 heteroatoms. The molecule has 3 aromatic rings. The molecule has 4 nitrogen and oxygen atoms in total. The third-order valence-corrected chi connectivity index (χ3v) is 6.99. The van der Waals surface area contributed by atoms with Crippen LogP contribution in [0.15, 0.2) is 66.9 Å². The largest absolute Gasteiger partial charge is 0.308 e. The van der Waals surface area contributed by atoms with Crippen LogP contribution in [0.25, 0.3) is 17.3 Å². The van der Waals surface area contributed by atoms with E-state index in [0.29, 0.717) is 10.6 Å². The van der Waals surface area contributed by atoms with Crippen molar-refractivity contribution in [3.8, 4) is 11.3 Å². The lowest BCUT2D eigenvalue weighted by Crippen LogP contribution is -2.35. The summed E-state index contributed by atoms with van der Waals surface area (Å²) in [7, 11) is 0. The second-order valence-corrected chi connectivity index (χ2v) is 9.56. The van der Waals surface area contributed by atoms with E-state index in [1.807, 2.05) is 41.3 Å². The number of aromatic nitrogens is 1. The Kier molecular flexibility index (Phi) is 7.08. The molecule has 1 fully saturated rings. The first-order chi connectivity index (χ1) is 16.7. The van der Waals surface area contributed by atoms with E-state index in [9.17, 15) is 4.79 Å². The highest BCUT2D eigenvalue weighted by Crippen LogP contribution is 2.30. The van der Waals surface area contributed by atoms with Gasteiger partial charge in [-0.25, -0.2) is 0 Å². The first-order valence-electron chi connectivity index (χ1n) is 12.2. The van der Waals surface area contributed by atoms with Gasteiger partial charge in [0.1, 0.15) is 0 Å². The Labute approximate surface area is 206 Å². The van der Waals surface area contributed by atoms with Crippen LogP contribution in [0.4, 0.5) is 5.69 Å². The predicted molar refractivity (Wildman–Crippen MR) is 140 cm³/mol.